The number of hydrogen-bond donors (Lipinski definition) is 1. The van der Waals surface area contributed by atoms with E-state index in [2.05, 4.69) is 13.8 Å². The molecule has 1 aliphatic rings. The summed E-state index contributed by atoms with van der Waals surface area (Å²) in [5.74, 6) is 0.112. The Morgan fingerprint density at radius 2 is 2.24 bits per heavy atom. The molecule has 94 valence electrons. The summed E-state index contributed by atoms with van der Waals surface area (Å²) in [6, 6.07) is 1.81. The highest BCUT2D eigenvalue weighted by Gasteiger charge is 2.37. The molecule has 0 aromatic carbocycles. The second-order valence-corrected chi connectivity index (χ2v) is 5.80. The van der Waals surface area contributed by atoms with E-state index >= 15 is 0 Å². The SMILES string of the molecule is CCC1(CC)CCN(C(=O)c2sccc2N)C1. The van der Waals surface area contributed by atoms with E-state index in [1.54, 1.807) is 6.07 Å². The number of nitrogen functional groups attached to an aromatic ring is 1. The van der Waals surface area contributed by atoms with Crippen molar-refractivity contribution in [2.45, 2.75) is 33.1 Å². The van der Waals surface area contributed by atoms with Gasteiger partial charge in [0.2, 0.25) is 0 Å². The minimum atomic E-state index is 0.112. The minimum absolute atomic E-state index is 0.112. The topological polar surface area (TPSA) is 46.3 Å². The summed E-state index contributed by atoms with van der Waals surface area (Å²) in [5, 5.41) is 1.88. The Bertz CT molecular complexity index is 409. The molecular formula is C13H20N2OS. The van der Waals surface area contributed by atoms with Crippen LogP contribution in [0.4, 0.5) is 5.69 Å². The first-order chi connectivity index (χ1) is 8.12. The van der Waals surface area contributed by atoms with Crippen molar-refractivity contribution in [3.05, 3.63) is 16.3 Å². The lowest BCUT2D eigenvalue weighted by Crippen LogP contribution is -2.31. The van der Waals surface area contributed by atoms with Crippen LogP contribution in [0.2, 0.25) is 0 Å². The van der Waals surface area contributed by atoms with Crippen molar-refractivity contribution < 1.29 is 4.79 Å². The maximum atomic E-state index is 12.3. The second-order valence-electron chi connectivity index (χ2n) is 4.89. The average Bonchev–Trinajstić information content (AvgIpc) is 2.95. The summed E-state index contributed by atoms with van der Waals surface area (Å²) >= 11 is 1.44. The van der Waals surface area contributed by atoms with Gasteiger partial charge in [0.1, 0.15) is 4.88 Å². The minimum Gasteiger partial charge on any atom is -0.397 e. The van der Waals surface area contributed by atoms with Crippen LogP contribution in [-0.2, 0) is 0 Å². The van der Waals surface area contributed by atoms with Crippen LogP contribution < -0.4 is 5.73 Å². The second kappa shape index (κ2) is 4.69. The van der Waals surface area contributed by atoms with Gasteiger partial charge in [-0.2, -0.15) is 0 Å². The van der Waals surface area contributed by atoms with E-state index in [4.69, 9.17) is 5.73 Å². The maximum Gasteiger partial charge on any atom is 0.266 e. The van der Waals surface area contributed by atoms with E-state index in [0.29, 0.717) is 16.0 Å². The van der Waals surface area contributed by atoms with Crippen molar-refractivity contribution in [3.8, 4) is 0 Å². The monoisotopic (exact) mass is 252 g/mol. The zero-order chi connectivity index (χ0) is 12.5. The number of likely N-dealkylation sites (tertiary alicyclic amines) is 1. The van der Waals surface area contributed by atoms with Crippen LogP contribution in [0.1, 0.15) is 42.8 Å². The largest absolute Gasteiger partial charge is 0.397 e. The zero-order valence-electron chi connectivity index (χ0n) is 10.5. The number of carbonyl (C=O) groups is 1. The fourth-order valence-corrected chi connectivity index (χ4v) is 3.36. The fourth-order valence-electron chi connectivity index (χ4n) is 2.57. The smallest absolute Gasteiger partial charge is 0.266 e. The molecule has 17 heavy (non-hydrogen) atoms. The number of hydrogen-bond acceptors (Lipinski definition) is 3. The molecule has 0 saturated carbocycles. The fraction of sp³-hybridized carbons (Fsp3) is 0.615. The Labute approximate surface area is 107 Å². The molecule has 1 aliphatic heterocycles. The highest BCUT2D eigenvalue weighted by molar-refractivity contribution is 7.12. The number of amides is 1. The lowest BCUT2D eigenvalue weighted by molar-refractivity contribution is 0.0775. The van der Waals surface area contributed by atoms with E-state index in [1.807, 2.05) is 10.3 Å². The molecule has 1 aromatic heterocycles. The van der Waals surface area contributed by atoms with Crippen molar-refractivity contribution in [2.75, 3.05) is 18.8 Å². The first-order valence-corrected chi connectivity index (χ1v) is 7.12. The van der Waals surface area contributed by atoms with Crippen LogP contribution in [0.5, 0.6) is 0 Å². The third kappa shape index (κ3) is 2.18. The predicted octanol–water partition coefficient (Wildman–Crippen LogP) is 2.98. The molecule has 2 rings (SSSR count). The Kier molecular flexibility index (Phi) is 3.43. The van der Waals surface area contributed by atoms with Gasteiger partial charge in [-0.1, -0.05) is 13.8 Å². The number of thiophene rings is 1. The molecule has 0 unspecified atom stereocenters. The standard InChI is InChI=1S/C13H20N2OS/c1-3-13(4-2)6-7-15(9-13)12(16)11-10(14)5-8-17-11/h5,8H,3-4,6-7,9,14H2,1-2H3. The third-order valence-corrected chi connectivity index (χ3v) is 5.03. The number of anilines is 1. The molecule has 1 fully saturated rings. The molecule has 0 radical (unpaired) electrons. The summed E-state index contributed by atoms with van der Waals surface area (Å²) in [6.45, 7) is 6.20. The summed E-state index contributed by atoms with van der Waals surface area (Å²) in [6.07, 6.45) is 3.41. The van der Waals surface area contributed by atoms with E-state index < -0.39 is 0 Å². The summed E-state index contributed by atoms with van der Waals surface area (Å²) < 4.78 is 0. The van der Waals surface area contributed by atoms with E-state index in [-0.39, 0.29) is 5.91 Å². The van der Waals surface area contributed by atoms with Gasteiger partial charge in [-0.3, -0.25) is 4.79 Å². The lowest BCUT2D eigenvalue weighted by atomic mass is 9.82. The molecule has 4 heteroatoms. The van der Waals surface area contributed by atoms with Crippen molar-refractivity contribution in [3.63, 3.8) is 0 Å². The van der Waals surface area contributed by atoms with Crippen molar-refractivity contribution in [1.29, 1.82) is 0 Å². The molecular weight excluding hydrogens is 232 g/mol. The van der Waals surface area contributed by atoms with Gasteiger partial charge in [-0.25, -0.2) is 0 Å². The first-order valence-electron chi connectivity index (χ1n) is 6.24. The van der Waals surface area contributed by atoms with Crippen molar-refractivity contribution in [1.82, 2.24) is 4.90 Å². The highest BCUT2D eigenvalue weighted by Crippen LogP contribution is 2.38. The zero-order valence-corrected chi connectivity index (χ0v) is 11.3. The molecule has 1 amide bonds. The maximum absolute atomic E-state index is 12.3. The number of carbonyl (C=O) groups excluding carboxylic acids is 1. The molecule has 1 aromatic rings. The molecule has 1 saturated heterocycles. The average molecular weight is 252 g/mol. The normalized spacial score (nSPS) is 18.6. The summed E-state index contributed by atoms with van der Waals surface area (Å²) in [7, 11) is 0. The predicted molar refractivity (Wildman–Crippen MR) is 72.3 cm³/mol. The molecule has 0 spiro atoms. The first kappa shape index (κ1) is 12.4. The molecule has 0 bridgehead atoms. The molecule has 0 aliphatic carbocycles. The van der Waals surface area contributed by atoms with E-state index in [1.165, 1.54) is 11.3 Å². The van der Waals surface area contributed by atoms with Gasteiger partial charge in [0.05, 0.1) is 5.69 Å². The number of nitrogens with zero attached hydrogens (tertiary/aromatic N) is 1. The summed E-state index contributed by atoms with van der Waals surface area (Å²) in [4.78, 5) is 15.0. The van der Waals surface area contributed by atoms with Crippen LogP contribution in [0.3, 0.4) is 0 Å². The molecule has 0 atom stereocenters. The van der Waals surface area contributed by atoms with Gasteiger partial charge in [0, 0.05) is 13.1 Å². The van der Waals surface area contributed by atoms with Gasteiger partial charge in [0.25, 0.3) is 5.91 Å². The molecule has 3 nitrogen and oxygen atoms in total. The van der Waals surface area contributed by atoms with Crippen LogP contribution in [0, 0.1) is 5.41 Å². The highest BCUT2D eigenvalue weighted by atomic mass is 32.1. The Balaban J connectivity index is 2.11. The van der Waals surface area contributed by atoms with Gasteiger partial charge >= 0.3 is 0 Å². The Hall–Kier alpha value is -1.03. The lowest BCUT2D eigenvalue weighted by Gasteiger charge is -2.26. The third-order valence-electron chi connectivity index (χ3n) is 4.12. The summed E-state index contributed by atoms with van der Waals surface area (Å²) in [5.41, 5.74) is 6.76. The van der Waals surface area contributed by atoms with Crippen LogP contribution in [0.25, 0.3) is 0 Å². The Morgan fingerprint density at radius 3 is 2.71 bits per heavy atom. The van der Waals surface area contributed by atoms with Gasteiger partial charge in [-0.15, -0.1) is 11.3 Å². The van der Waals surface area contributed by atoms with E-state index in [9.17, 15) is 4.79 Å². The van der Waals surface area contributed by atoms with Gasteiger partial charge in [0.15, 0.2) is 0 Å². The van der Waals surface area contributed by atoms with Gasteiger partial charge < -0.3 is 10.6 Å². The quantitative estimate of drug-likeness (QED) is 0.899. The van der Waals surface area contributed by atoms with Gasteiger partial charge in [-0.05, 0) is 36.1 Å². The Morgan fingerprint density at radius 1 is 1.53 bits per heavy atom. The number of nitrogens with two attached hydrogens (primary N) is 1. The van der Waals surface area contributed by atoms with E-state index in [0.717, 1.165) is 32.4 Å². The van der Waals surface area contributed by atoms with Crippen LogP contribution in [0.15, 0.2) is 11.4 Å². The van der Waals surface area contributed by atoms with Crippen LogP contribution in [-0.4, -0.2) is 23.9 Å². The number of rotatable bonds is 3. The molecule has 2 heterocycles. The van der Waals surface area contributed by atoms with Crippen LogP contribution >= 0.6 is 11.3 Å². The van der Waals surface area contributed by atoms with Crippen molar-refractivity contribution >= 4 is 22.9 Å². The molecule has 2 N–H and O–H groups in total. The van der Waals surface area contributed by atoms with Crippen molar-refractivity contribution in [2.24, 2.45) is 5.41 Å².